The number of aryl methyl sites for hydroxylation is 1. The monoisotopic (exact) mass is 246 g/mol. The standard InChI is InChI=1S/C12H10N2O2S/c13-12-14-9(6-17-12)7-1-3-10-8(5-7)2-4-11(15)16-10/h1,3,5-6H,2,4H2,(H2,13,14). The van der Waals surface area contributed by atoms with Crippen molar-refractivity contribution >= 4 is 22.4 Å². The third kappa shape index (κ3) is 1.89. The number of aromatic nitrogens is 1. The topological polar surface area (TPSA) is 65.2 Å². The van der Waals surface area contributed by atoms with E-state index in [9.17, 15) is 4.79 Å². The number of carbonyl (C=O) groups is 1. The van der Waals surface area contributed by atoms with E-state index in [0.717, 1.165) is 23.2 Å². The van der Waals surface area contributed by atoms with Crippen LogP contribution in [0.2, 0.25) is 0 Å². The van der Waals surface area contributed by atoms with Gasteiger partial charge in [-0.3, -0.25) is 4.79 Å². The number of anilines is 1. The number of nitrogen functional groups attached to an aromatic ring is 1. The van der Waals surface area contributed by atoms with E-state index in [1.54, 1.807) is 0 Å². The van der Waals surface area contributed by atoms with E-state index in [4.69, 9.17) is 10.5 Å². The third-order valence-electron chi connectivity index (χ3n) is 2.70. The second-order valence-corrected chi connectivity index (χ2v) is 4.76. The molecule has 0 spiro atoms. The molecule has 0 aliphatic carbocycles. The van der Waals surface area contributed by atoms with Gasteiger partial charge in [0.25, 0.3) is 0 Å². The van der Waals surface area contributed by atoms with Gasteiger partial charge in [-0.2, -0.15) is 0 Å². The van der Waals surface area contributed by atoms with Crippen LogP contribution in [0.4, 0.5) is 5.13 Å². The molecule has 0 fully saturated rings. The van der Waals surface area contributed by atoms with Crippen molar-refractivity contribution in [3.63, 3.8) is 0 Å². The molecule has 2 heterocycles. The SMILES string of the molecule is Nc1nc(-c2ccc3c(c2)CCC(=O)O3)cs1. The van der Waals surface area contributed by atoms with Crippen molar-refractivity contribution in [2.45, 2.75) is 12.8 Å². The first-order valence-electron chi connectivity index (χ1n) is 5.27. The van der Waals surface area contributed by atoms with Gasteiger partial charge < -0.3 is 10.5 Å². The highest BCUT2D eigenvalue weighted by Gasteiger charge is 2.17. The third-order valence-corrected chi connectivity index (χ3v) is 3.37. The summed E-state index contributed by atoms with van der Waals surface area (Å²) in [5.41, 5.74) is 8.54. The van der Waals surface area contributed by atoms with Crippen LogP contribution >= 0.6 is 11.3 Å². The number of esters is 1. The number of hydrogen-bond donors (Lipinski definition) is 1. The summed E-state index contributed by atoms with van der Waals surface area (Å²) in [6, 6.07) is 5.72. The van der Waals surface area contributed by atoms with Gasteiger partial charge in [0.1, 0.15) is 5.75 Å². The van der Waals surface area contributed by atoms with E-state index < -0.39 is 0 Å². The maximum absolute atomic E-state index is 11.1. The van der Waals surface area contributed by atoms with Crippen molar-refractivity contribution in [1.82, 2.24) is 4.98 Å². The lowest BCUT2D eigenvalue weighted by molar-refractivity contribution is -0.135. The molecule has 0 saturated heterocycles. The highest BCUT2D eigenvalue weighted by molar-refractivity contribution is 7.13. The molecule has 4 nitrogen and oxygen atoms in total. The summed E-state index contributed by atoms with van der Waals surface area (Å²) in [5, 5.41) is 2.48. The Morgan fingerprint density at radius 3 is 3.00 bits per heavy atom. The number of benzene rings is 1. The largest absolute Gasteiger partial charge is 0.426 e. The second-order valence-electron chi connectivity index (χ2n) is 3.87. The van der Waals surface area contributed by atoms with E-state index in [1.807, 2.05) is 23.6 Å². The van der Waals surface area contributed by atoms with Crippen molar-refractivity contribution < 1.29 is 9.53 Å². The zero-order valence-corrected chi connectivity index (χ0v) is 9.79. The van der Waals surface area contributed by atoms with Gasteiger partial charge in [0.05, 0.1) is 12.1 Å². The number of nitrogens with zero attached hydrogens (tertiary/aromatic N) is 1. The van der Waals surface area contributed by atoms with E-state index in [-0.39, 0.29) is 5.97 Å². The van der Waals surface area contributed by atoms with Gasteiger partial charge in [-0.25, -0.2) is 4.98 Å². The molecular formula is C12H10N2O2S. The molecule has 5 heteroatoms. The van der Waals surface area contributed by atoms with Crippen LogP contribution in [0.25, 0.3) is 11.3 Å². The predicted octanol–water partition coefficient (Wildman–Crippen LogP) is 2.24. The van der Waals surface area contributed by atoms with E-state index in [1.165, 1.54) is 11.3 Å². The zero-order chi connectivity index (χ0) is 11.8. The maximum atomic E-state index is 11.1. The van der Waals surface area contributed by atoms with Crippen molar-refractivity contribution in [2.75, 3.05) is 5.73 Å². The Labute approximate surface area is 102 Å². The fourth-order valence-electron chi connectivity index (χ4n) is 1.86. The molecule has 0 saturated carbocycles. The molecule has 0 unspecified atom stereocenters. The first-order valence-corrected chi connectivity index (χ1v) is 6.15. The lowest BCUT2D eigenvalue weighted by atomic mass is 10.0. The van der Waals surface area contributed by atoms with Crippen LogP contribution in [0.1, 0.15) is 12.0 Å². The summed E-state index contributed by atoms with van der Waals surface area (Å²) < 4.78 is 5.15. The van der Waals surface area contributed by atoms with Gasteiger partial charge in [0.2, 0.25) is 0 Å². The quantitative estimate of drug-likeness (QED) is 0.619. The Kier molecular flexibility index (Phi) is 2.33. The van der Waals surface area contributed by atoms with Crippen molar-refractivity contribution in [2.24, 2.45) is 0 Å². The average Bonchev–Trinajstić information content (AvgIpc) is 2.75. The van der Waals surface area contributed by atoms with Crippen LogP contribution < -0.4 is 10.5 Å². The fourth-order valence-corrected chi connectivity index (χ4v) is 2.44. The average molecular weight is 246 g/mol. The van der Waals surface area contributed by atoms with Crippen molar-refractivity contribution in [1.29, 1.82) is 0 Å². The van der Waals surface area contributed by atoms with Crippen LogP contribution in [-0.2, 0) is 11.2 Å². The molecule has 1 aliphatic heterocycles. The van der Waals surface area contributed by atoms with Gasteiger partial charge in [0, 0.05) is 10.9 Å². The molecule has 2 N–H and O–H groups in total. The molecule has 1 aromatic carbocycles. The Morgan fingerprint density at radius 1 is 1.35 bits per heavy atom. The number of rotatable bonds is 1. The zero-order valence-electron chi connectivity index (χ0n) is 8.97. The van der Waals surface area contributed by atoms with Crippen LogP contribution in [0, 0.1) is 0 Å². The first-order chi connectivity index (χ1) is 8.22. The van der Waals surface area contributed by atoms with Gasteiger partial charge >= 0.3 is 5.97 Å². The molecule has 3 rings (SSSR count). The molecule has 1 aliphatic rings. The highest BCUT2D eigenvalue weighted by Crippen LogP contribution is 2.31. The van der Waals surface area contributed by atoms with Gasteiger partial charge in [-0.1, -0.05) is 0 Å². The Bertz CT molecular complexity index is 592. The summed E-state index contributed by atoms with van der Waals surface area (Å²) in [6.45, 7) is 0. The smallest absolute Gasteiger partial charge is 0.311 e. The minimum absolute atomic E-state index is 0.164. The van der Waals surface area contributed by atoms with Crippen LogP contribution in [-0.4, -0.2) is 11.0 Å². The summed E-state index contributed by atoms with van der Waals surface area (Å²) >= 11 is 1.42. The lowest BCUT2D eigenvalue weighted by Gasteiger charge is -2.15. The van der Waals surface area contributed by atoms with Gasteiger partial charge in [0.15, 0.2) is 5.13 Å². The summed E-state index contributed by atoms with van der Waals surface area (Å²) in [7, 11) is 0. The molecule has 2 aromatic rings. The van der Waals surface area contributed by atoms with Crippen LogP contribution in [0.15, 0.2) is 23.6 Å². The fraction of sp³-hybridized carbons (Fsp3) is 0.167. The van der Waals surface area contributed by atoms with Crippen LogP contribution in [0.5, 0.6) is 5.75 Å². The number of fused-ring (bicyclic) bond motifs is 1. The van der Waals surface area contributed by atoms with E-state index >= 15 is 0 Å². The number of thiazole rings is 1. The van der Waals surface area contributed by atoms with Crippen molar-refractivity contribution in [3.8, 4) is 17.0 Å². The van der Waals surface area contributed by atoms with Crippen LogP contribution in [0.3, 0.4) is 0 Å². The first kappa shape index (κ1) is 10.3. The summed E-state index contributed by atoms with van der Waals surface area (Å²) in [4.78, 5) is 15.4. The molecule has 17 heavy (non-hydrogen) atoms. The molecular weight excluding hydrogens is 236 g/mol. The maximum Gasteiger partial charge on any atom is 0.311 e. The number of carbonyl (C=O) groups excluding carboxylic acids is 1. The Balaban J connectivity index is 2.01. The van der Waals surface area contributed by atoms with Crippen molar-refractivity contribution in [3.05, 3.63) is 29.1 Å². The number of nitrogens with two attached hydrogens (primary N) is 1. The molecule has 0 radical (unpaired) electrons. The highest BCUT2D eigenvalue weighted by atomic mass is 32.1. The van der Waals surface area contributed by atoms with E-state index in [0.29, 0.717) is 17.3 Å². The molecule has 0 atom stereocenters. The molecule has 86 valence electrons. The Hall–Kier alpha value is -1.88. The lowest BCUT2D eigenvalue weighted by Crippen LogP contribution is -2.15. The minimum atomic E-state index is -0.164. The van der Waals surface area contributed by atoms with E-state index in [2.05, 4.69) is 4.98 Å². The number of ether oxygens (including phenoxy) is 1. The Morgan fingerprint density at radius 2 is 2.24 bits per heavy atom. The summed E-state index contributed by atoms with van der Waals surface area (Å²) in [6.07, 6.45) is 1.16. The number of hydrogen-bond acceptors (Lipinski definition) is 5. The normalized spacial score (nSPS) is 14.2. The molecule has 0 bridgehead atoms. The predicted molar refractivity (Wildman–Crippen MR) is 65.9 cm³/mol. The molecule has 1 aromatic heterocycles. The summed E-state index contributed by atoms with van der Waals surface area (Å²) in [5.74, 6) is 0.497. The van der Waals surface area contributed by atoms with Gasteiger partial charge in [-0.05, 0) is 30.2 Å². The minimum Gasteiger partial charge on any atom is -0.426 e. The second kappa shape index (κ2) is 3.85. The van der Waals surface area contributed by atoms with Gasteiger partial charge in [-0.15, -0.1) is 11.3 Å². The molecule has 0 amide bonds.